The number of rotatable bonds is 6. The fraction of sp³-hybridized carbons (Fsp3) is 0.391. The minimum atomic E-state index is -0.973. The van der Waals surface area contributed by atoms with Crippen molar-refractivity contribution in [3.8, 4) is 0 Å². The lowest BCUT2D eigenvalue weighted by atomic mass is 10.0. The number of hydrogen-bond acceptors (Lipinski definition) is 4. The molecule has 0 bridgehead atoms. The van der Waals surface area contributed by atoms with Gasteiger partial charge < -0.3 is 20.9 Å². The van der Waals surface area contributed by atoms with Gasteiger partial charge in [0.15, 0.2) is 0 Å². The summed E-state index contributed by atoms with van der Waals surface area (Å²) >= 11 is 0. The summed E-state index contributed by atoms with van der Waals surface area (Å²) in [6, 6.07) is 3.23. The second kappa shape index (κ2) is 9.01. The summed E-state index contributed by atoms with van der Waals surface area (Å²) in [7, 11) is 0. The molecule has 0 unspecified atom stereocenters. The Morgan fingerprint density at radius 1 is 1.10 bits per heavy atom. The van der Waals surface area contributed by atoms with Crippen LogP contribution in [0.2, 0.25) is 0 Å². The molecule has 2 aliphatic heterocycles. The van der Waals surface area contributed by atoms with Gasteiger partial charge in [0, 0.05) is 37.6 Å². The zero-order valence-electron chi connectivity index (χ0n) is 17.2. The summed E-state index contributed by atoms with van der Waals surface area (Å²) < 4.78 is 27.9. The van der Waals surface area contributed by atoms with Crippen molar-refractivity contribution >= 4 is 11.8 Å². The molecule has 1 saturated carbocycles. The Kier molecular flexibility index (Phi) is 6.18. The molecule has 6 nitrogen and oxygen atoms in total. The van der Waals surface area contributed by atoms with Crippen LogP contribution in [0.15, 0.2) is 54.0 Å². The van der Waals surface area contributed by atoms with Crippen LogP contribution >= 0.6 is 0 Å². The minimum absolute atomic E-state index is 0.0352. The number of nitrogens with zero attached hydrogens (tertiary/aromatic N) is 1. The van der Waals surface area contributed by atoms with Gasteiger partial charge in [-0.15, -0.1) is 0 Å². The fourth-order valence-electron chi connectivity index (χ4n) is 3.92. The van der Waals surface area contributed by atoms with Crippen LogP contribution in [0.1, 0.15) is 36.0 Å². The predicted molar refractivity (Wildman–Crippen MR) is 113 cm³/mol. The molecule has 0 radical (unpaired) electrons. The van der Waals surface area contributed by atoms with Crippen molar-refractivity contribution < 1.29 is 18.4 Å². The molecule has 3 aliphatic rings. The molecule has 8 heteroatoms. The van der Waals surface area contributed by atoms with Gasteiger partial charge in [0.25, 0.3) is 11.8 Å². The molecular formula is C23H26F2N4O2. The number of dihydropyridines is 1. The summed E-state index contributed by atoms with van der Waals surface area (Å²) in [5.74, 6) is -2.43. The predicted octanol–water partition coefficient (Wildman–Crippen LogP) is 2.57. The monoisotopic (exact) mass is 428 g/mol. The van der Waals surface area contributed by atoms with Crippen LogP contribution in [-0.4, -0.2) is 42.4 Å². The van der Waals surface area contributed by atoms with Crippen molar-refractivity contribution in [1.82, 2.24) is 20.9 Å². The Bertz CT molecular complexity index is 940. The van der Waals surface area contributed by atoms with E-state index in [9.17, 15) is 18.4 Å². The van der Waals surface area contributed by atoms with Crippen molar-refractivity contribution in [2.24, 2.45) is 5.92 Å². The van der Waals surface area contributed by atoms with Gasteiger partial charge in [-0.2, -0.15) is 0 Å². The van der Waals surface area contributed by atoms with E-state index in [4.69, 9.17) is 0 Å². The van der Waals surface area contributed by atoms with Gasteiger partial charge in [-0.1, -0.05) is 12.6 Å². The molecule has 164 valence electrons. The fourth-order valence-corrected chi connectivity index (χ4v) is 3.92. The van der Waals surface area contributed by atoms with E-state index in [1.54, 1.807) is 0 Å². The standard InChI is InChI=1S/C23H26F2N4O2/c1-14-11-17(22(30)27-16-7-9-29(10-8-16)13-15-5-6-15)20(12-26-14)28-23(31)21-18(24)3-2-4-19(21)25/h2-4,11-12,15-16,26H,1,5-10,13H2,(H,27,30)(H,28,31). The van der Waals surface area contributed by atoms with Gasteiger partial charge in [-0.05, 0) is 49.8 Å². The second-order valence-corrected chi connectivity index (χ2v) is 8.33. The Morgan fingerprint density at radius 3 is 2.42 bits per heavy atom. The smallest absolute Gasteiger partial charge is 0.261 e. The van der Waals surface area contributed by atoms with E-state index in [1.165, 1.54) is 31.2 Å². The molecule has 3 N–H and O–H groups in total. The number of carbonyl (C=O) groups is 2. The summed E-state index contributed by atoms with van der Waals surface area (Å²) in [6.07, 6.45) is 7.26. The van der Waals surface area contributed by atoms with Crippen LogP contribution in [0.4, 0.5) is 8.78 Å². The van der Waals surface area contributed by atoms with E-state index < -0.39 is 23.1 Å². The lowest BCUT2D eigenvalue weighted by Crippen LogP contribution is -2.46. The van der Waals surface area contributed by atoms with Gasteiger partial charge in [0.05, 0.1) is 11.3 Å². The Morgan fingerprint density at radius 2 is 1.77 bits per heavy atom. The van der Waals surface area contributed by atoms with Crippen LogP contribution in [0.25, 0.3) is 0 Å². The maximum atomic E-state index is 13.9. The molecule has 0 atom stereocenters. The Balaban J connectivity index is 1.39. The molecular weight excluding hydrogens is 402 g/mol. The second-order valence-electron chi connectivity index (χ2n) is 8.33. The van der Waals surface area contributed by atoms with Crippen LogP contribution in [-0.2, 0) is 4.79 Å². The van der Waals surface area contributed by atoms with E-state index in [0.717, 1.165) is 50.5 Å². The summed E-state index contributed by atoms with van der Waals surface area (Å²) in [5.41, 5.74) is 0.0908. The topological polar surface area (TPSA) is 73.5 Å². The first-order valence-corrected chi connectivity index (χ1v) is 10.6. The number of benzene rings is 1. The quantitative estimate of drug-likeness (QED) is 0.651. The number of hydrogen-bond donors (Lipinski definition) is 3. The number of allylic oxidation sites excluding steroid dienone is 1. The maximum absolute atomic E-state index is 13.9. The Hall–Kier alpha value is -3.00. The van der Waals surface area contributed by atoms with Gasteiger partial charge >= 0.3 is 0 Å². The third kappa shape index (κ3) is 5.19. The number of amides is 2. The SMILES string of the molecule is C=C1C=C(C(=O)NC2CCN(CC3CC3)CC2)C(NC(=O)c2c(F)cccc2F)=CN1. The first-order valence-electron chi connectivity index (χ1n) is 10.6. The van der Waals surface area contributed by atoms with E-state index in [1.807, 2.05) is 0 Å². The third-order valence-corrected chi connectivity index (χ3v) is 5.83. The van der Waals surface area contributed by atoms with Crippen molar-refractivity contribution in [3.05, 3.63) is 71.2 Å². The van der Waals surface area contributed by atoms with Gasteiger partial charge in [-0.3, -0.25) is 9.59 Å². The molecule has 1 saturated heterocycles. The number of halogens is 2. The summed E-state index contributed by atoms with van der Waals surface area (Å²) in [6.45, 7) is 6.82. The van der Waals surface area contributed by atoms with E-state index in [0.29, 0.717) is 5.70 Å². The van der Waals surface area contributed by atoms with Gasteiger partial charge in [0.1, 0.15) is 17.2 Å². The molecule has 2 fully saturated rings. The third-order valence-electron chi connectivity index (χ3n) is 5.83. The molecule has 1 aromatic rings. The molecule has 2 amide bonds. The summed E-state index contributed by atoms with van der Waals surface area (Å²) in [4.78, 5) is 27.9. The molecule has 1 aliphatic carbocycles. The zero-order chi connectivity index (χ0) is 22.0. The van der Waals surface area contributed by atoms with Crippen LogP contribution < -0.4 is 16.0 Å². The number of carbonyl (C=O) groups excluding carboxylic acids is 2. The normalized spacial score (nSPS) is 19.9. The van der Waals surface area contributed by atoms with Crippen molar-refractivity contribution in [3.63, 3.8) is 0 Å². The van der Waals surface area contributed by atoms with E-state index in [2.05, 4.69) is 27.4 Å². The Labute approximate surface area is 180 Å². The number of nitrogens with one attached hydrogen (secondary N) is 3. The highest BCUT2D eigenvalue weighted by Crippen LogP contribution is 2.30. The largest absolute Gasteiger partial charge is 0.360 e. The molecule has 0 spiro atoms. The minimum Gasteiger partial charge on any atom is -0.360 e. The molecule has 4 rings (SSSR count). The van der Waals surface area contributed by atoms with Gasteiger partial charge in [-0.25, -0.2) is 8.78 Å². The van der Waals surface area contributed by atoms with E-state index in [-0.39, 0.29) is 23.2 Å². The highest BCUT2D eigenvalue weighted by atomic mass is 19.1. The lowest BCUT2D eigenvalue weighted by molar-refractivity contribution is -0.118. The van der Waals surface area contributed by atoms with Crippen molar-refractivity contribution in [2.45, 2.75) is 31.7 Å². The van der Waals surface area contributed by atoms with Crippen molar-refractivity contribution in [2.75, 3.05) is 19.6 Å². The lowest BCUT2D eigenvalue weighted by Gasteiger charge is -2.32. The first-order chi connectivity index (χ1) is 14.9. The average Bonchev–Trinajstić information content (AvgIpc) is 3.54. The number of piperidine rings is 1. The van der Waals surface area contributed by atoms with Crippen LogP contribution in [0.3, 0.4) is 0 Å². The molecule has 1 aromatic carbocycles. The average molecular weight is 428 g/mol. The zero-order valence-corrected chi connectivity index (χ0v) is 17.2. The molecule has 31 heavy (non-hydrogen) atoms. The van der Waals surface area contributed by atoms with E-state index >= 15 is 0 Å². The van der Waals surface area contributed by atoms with Crippen LogP contribution in [0, 0.1) is 17.6 Å². The highest BCUT2D eigenvalue weighted by Gasteiger charge is 2.29. The molecule has 2 heterocycles. The summed E-state index contributed by atoms with van der Waals surface area (Å²) in [5, 5.41) is 8.28. The highest BCUT2D eigenvalue weighted by molar-refractivity contribution is 6.02. The number of likely N-dealkylation sites (tertiary alicyclic amines) is 1. The van der Waals surface area contributed by atoms with Gasteiger partial charge in [0.2, 0.25) is 0 Å². The van der Waals surface area contributed by atoms with Crippen LogP contribution in [0.5, 0.6) is 0 Å². The molecule has 0 aromatic heterocycles. The maximum Gasteiger partial charge on any atom is 0.261 e. The first kappa shape index (κ1) is 21.2. The van der Waals surface area contributed by atoms with Crippen molar-refractivity contribution in [1.29, 1.82) is 0 Å².